The van der Waals surface area contributed by atoms with E-state index < -0.39 is 0 Å². The summed E-state index contributed by atoms with van der Waals surface area (Å²) in [5, 5.41) is 0. The molecule has 2 amide bonds. The van der Waals surface area contributed by atoms with Crippen LogP contribution in [0.1, 0.15) is 31.2 Å². The van der Waals surface area contributed by atoms with Gasteiger partial charge in [-0.2, -0.15) is 0 Å². The maximum absolute atomic E-state index is 13.1. The lowest BCUT2D eigenvalue weighted by Gasteiger charge is -2.38. The Labute approximate surface area is 136 Å². The first-order valence-electron chi connectivity index (χ1n) is 8.44. The van der Waals surface area contributed by atoms with E-state index in [0.29, 0.717) is 39.0 Å². The maximum atomic E-state index is 13.1. The van der Waals surface area contributed by atoms with Gasteiger partial charge in [0.05, 0.1) is 0 Å². The van der Waals surface area contributed by atoms with E-state index in [9.17, 15) is 14.0 Å². The third-order valence-electron chi connectivity index (χ3n) is 4.92. The zero-order valence-electron chi connectivity index (χ0n) is 13.3. The van der Waals surface area contributed by atoms with Gasteiger partial charge in [-0.15, -0.1) is 0 Å². The number of carbonyl (C=O) groups excluding carboxylic acids is 2. The third-order valence-corrected chi connectivity index (χ3v) is 4.92. The topological polar surface area (TPSA) is 40.6 Å². The van der Waals surface area contributed by atoms with Gasteiger partial charge in [0.15, 0.2) is 0 Å². The molecule has 5 heteroatoms. The summed E-state index contributed by atoms with van der Waals surface area (Å²) in [4.78, 5) is 28.2. The molecule has 1 heterocycles. The van der Waals surface area contributed by atoms with Crippen LogP contribution in [0.2, 0.25) is 0 Å². The van der Waals surface area contributed by atoms with E-state index in [4.69, 9.17) is 0 Å². The van der Waals surface area contributed by atoms with Crippen molar-refractivity contribution in [3.63, 3.8) is 0 Å². The van der Waals surface area contributed by atoms with E-state index in [2.05, 4.69) is 0 Å². The highest BCUT2D eigenvalue weighted by Crippen LogP contribution is 2.28. The van der Waals surface area contributed by atoms with Gasteiger partial charge in [0.25, 0.3) is 0 Å². The molecule has 1 aromatic carbocycles. The first-order valence-corrected chi connectivity index (χ1v) is 8.44. The molecular formula is C18H23FN2O2. The molecule has 1 saturated carbocycles. The summed E-state index contributed by atoms with van der Waals surface area (Å²) >= 11 is 0. The summed E-state index contributed by atoms with van der Waals surface area (Å²) in [6.45, 7) is 2.50. The molecule has 23 heavy (non-hydrogen) atoms. The Bertz CT molecular complexity index is 578. The van der Waals surface area contributed by atoms with Crippen LogP contribution in [-0.4, -0.2) is 47.8 Å². The molecule has 0 radical (unpaired) electrons. The molecule has 1 aromatic rings. The summed E-state index contributed by atoms with van der Waals surface area (Å²) in [7, 11) is 0. The summed E-state index contributed by atoms with van der Waals surface area (Å²) in [5.74, 6) is 0.316. The molecule has 2 aliphatic rings. The molecule has 1 aliphatic carbocycles. The Morgan fingerprint density at radius 1 is 1.09 bits per heavy atom. The second kappa shape index (κ2) is 7.11. The van der Waals surface area contributed by atoms with Gasteiger partial charge in [-0.05, 0) is 37.0 Å². The van der Waals surface area contributed by atoms with Crippen molar-refractivity contribution in [2.45, 2.75) is 32.1 Å². The number of halogens is 1. The van der Waals surface area contributed by atoms with E-state index >= 15 is 0 Å². The number of rotatable bonds is 4. The van der Waals surface area contributed by atoms with E-state index in [1.807, 2.05) is 15.9 Å². The summed E-state index contributed by atoms with van der Waals surface area (Å²) in [5.41, 5.74) is 0.845. The van der Waals surface area contributed by atoms with E-state index in [1.165, 1.54) is 12.1 Å². The van der Waals surface area contributed by atoms with Gasteiger partial charge in [-0.25, -0.2) is 4.39 Å². The average molecular weight is 318 g/mol. The van der Waals surface area contributed by atoms with E-state index in [1.54, 1.807) is 6.07 Å². The van der Waals surface area contributed by atoms with Gasteiger partial charge in [0.2, 0.25) is 11.8 Å². The molecule has 3 rings (SSSR count). The summed E-state index contributed by atoms with van der Waals surface area (Å²) < 4.78 is 13.1. The van der Waals surface area contributed by atoms with Crippen molar-refractivity contribution in [2.24, 2.45) is 5.92 Å². The fourth-order valence-corrected chi connectivity index (χ4v) is 3.19. The number of carbonyl (C=O) groups is 2. The van der Waals surface area contributed by atoms with Crippen molar-refractivity contribution in [3.8, 4) is 0 Å². The van der Waals surface area contributed by atoms with Crippen LogP contribution in [0.25, 0.3) is 0 Å². The molecule has 1 aliphatic heterocycles. The zero-order chi connectivity index (χ0) is 16.2. The lowest BCUT2D eigenvalue weighted by molar-refractivity contribution is -0.144. The molecule has 0 N–H and O–H groups in total. The van der Waals surface area contributed by atoms with Crippen LogP contribution in [0, 0.1) is 11.7 Å². The average Bonchev–Trinajstić information content (AvgIpc) is 2.51. The SMILES string of the molecule is O=C(CCc1cccc(F)c1)N1CCN(C(=O)C2CCC2)CC1. The number of benzene rings is 1. The smallest absolute Gasteiger partial charge is 0.225 e. The van der Waals surface area contributed by atoms with Crippen molar-refractivity contribution < 1.29 is 14.0 Å². The number of nitrogens with zero attached hydrogens (tertiary/aromatic N) is 2. The highest BCUT2D eigenvalue weighted by molar-refractivity contribution is 5.80. The second-order valence-corrected chi connectivity index (χ2v) is 6.46. The Kier molecular flexibility index (Phi) is 4.94. The Morgan fingerprint density at radius 3 is 2.39 bits per heavy atom. The molecule has 124 valence electrons. The predicted octanol–water partition coefficient (Wildman–Crippen LogP) is 2.23. The molecule has 2 fully saturated rings. The largest absolute Gasteiger partial charge is 0.339 e. The van der Waals surface area contributed by atoms with Crippen molar-refractivity contribution in [1.29, 1.82) is 0 Å². The Hall–Kier alpha value is -1.91. The second-order valence-electron chi connectivity index (χ2n) is 6.46. The molecule has 0 atom stereocenters. The lowest BCUT2D eigenvalue weighted by Crippen LogP contribution is -2.52. The van der Waals surface area contributed by atoms with Gasteiger partial charge in [-0.3, -0.25) is 9.59 Å². The van der Waals surface area contributed by atoms with Crippen molar-refractivity contribution in [3.05, 3.63) is 35.6 Å². The molecule has 1 saturated heterocycles. The standard InChI is InChI=1S/C18H23FN2O2/c19-16-6-1-3-14(13-16)7-8-17(22)20-9-11-21(12-10-20)18(23)15-4-2-5-15/h1,3,6,13,15H,2,4-5,7-12H2. The highest BCUT2D eigenvalue weighted by Gasteiger charge is 2.31. The van der Waals surface area contributed by atoms with Crippen LogP contribution < -0.4 is 0 Å². The van der Waals surface area contributed by atoms with E-state index in [-0.39, 0.29) is 23.5 Å². The first kappa shape index (κ1) is 16.0. The summed E-state index contributed by atoms with van der Waals surface area (Å²) in [6.07, 6.45) is 4.14. The number of aryl methyl sites for hydroxylation is 1. The quantitative estimate of drug-likeness (QED) is 0.854. The summed E-state index contributed by atoms with van der Waals surface area (Å²) in [6, 6.07) is 6.39. The van der Waals surface area contributed by atoms with Gasteiger partial charge in [0, 0.05) is 38.5 Å². The van der Waals surface area contributed by atoms with Gasteiger partial charge < -0.3 is 9.80 Å². The molecule has 4 nitrogen and oxygen atoms in total. The van der Waals surface area contributed by atoms with Gasteiger partial charge in [-0.1, -0.05) is 18.6 Å². The minimum absolute atomic E-state index is 0.0880. The Balaban J connectivity index is 1.43. The predicted molar refractivity (Wildman–Crippen MR) is 85.2 cm³/mol. The number of amides is 2. The monoisotopic (exact) mass is 318 g/mol. The third kappa shape index (κ3) is 3.89. The van der Waals surface area contributed by atoms with Crippen molar-refractivity contribution in [1.82, 2.24) is 9.80 Å². The maximum Gasteiger partial charge on any atom is 0.225 e. The van der Waals surface area contributed by atoms with E-state index in [0.717, 1.165) is 24.8 Å². The van der Waals surface area contributed by atoms with Crippen LogP contribution >= 0.6 is 0 Å². The Morgan fingerprint density at radius 2 is 1.78 bits per heavy atom. The highest BCUT2D eigenvalue weighted by atomic mass is 19.1. The first-order chi connectivity index (χ1) is 11.1. The van der Waals surface area contributed by atoms with Crippen LogP contribution in [0.3, 0.4) is 0 Å². The normalized spacial score (nSPS) is 18.7. The lowest BCUT2D eigenvalue weighted by atomic mass is 9.84. The molecule has 0 unspecified atom stereocenters. The van der Waals surface area contributed by atoms with Crippen LogP contribution in [0.15, 0.2) is 24.3 Å². The minimum Gasteiger partial charge on any atom is -0.339 e. The molecular weight excluding hydrogens is 295 g/mol. The van der Waals surface area contributed by atoms with Gasteiger partial charge >= 0.3 is 0 Å². The van der Waals surface area contributed by atoms with Crippen molar-refractivity contribution >= 4 is 11.8 Å². The molecule has 0 aromatic heterocycles. The van der Waals surface area contributed by atoms with Crippen LogP contribution in [-0.2, 0) is 16.0 Å². The van der Waals surface area contributed by atoms with Crippen molar-refractivity contribution in [2.75, 3.05) is 26.2 Å². The fourth-order valence-electron chi connectivity index (χ4n) is 3.19. The fraction of sp³-hybridized carbons (Fsp3) is 0.556. The molecule has 0 spiro atoms. The number of hydrogen-bond acceptors (Lipinski definition) is 2. The van der Waals surface area contributed by atoms with Crippen LogP contribution in [0.4, 0.5) is 4.39 Å². The number of hydrogen-bond donors (Lipinski definition) is 0. The number of piperazine rings is 1. The minimum atomic E-state index is -0.266. The zero-order valence-corrected chi connectivity index (χ0v) is 13.3. The van der Waals surface area contributed by atoms with Crippen LogP contribution in [0.5, 0.6) is 0 Å². The van der Waals surface area contributed by atoms with Gasteiger partial charge in [0.1, 0.15) is 5.82 Å². The molecule has 0 bridgehead atoms.